The Hall–Kier alpha value is -4.06. The van der Waals surface area contributed by atoms with Gasteiger partial charge >= 0.3 is 0 Å². The molecule has 0 aliphatic carbocycles. The first-order valence-corrected chi connectivity index (χ1v) is 14.0. The normalized spacial score (nSPS) is 15.6. The van der Waals surface area contributed by atoms with Crippen LogP contribution in [0.5, 0.6) is 11.5 Å². The highest BCUT2D eigenvalue weighted by molar-refractivity contribution is 7.92. The number of anilines is 1. The summed E-state index contributed by atoms with van der Waals surface area (Å²) in [5.41, 5.74) is 3.41. The van der Waals surface area contributed by atoms with Gasteiger partial charge in [0.1, 0.15) is 22.5 Å². The van der Waals surface area contributed by atoms with Crippen LogP contribution in [0.1, 0.15) is 23.7 Å². The molecule has 39 heavy (non-hydrogen) atoms. The summed E-state index contributed by atoms with van der Waals surface area (Å²) in [5.74, 6) is 0.993. The Labute approximate surface area is 227 Å². The maximum atomic E-state index is 13.1. The third-order valence-electron chi connectivity index (χ3n) is 6.45. The van der Waals surface area contributed by atoms with Crippen LogP contribution in [0.25, 0.3) is 11.1 Å². The zero-order valence-corrected chi connectivity index (χ0v) is 22.1. The van der Waals surface area contributed by atoms with Crippen molar-refractivity contribution in [2.24, 2.45) is 0 Å². The molecule has 1 aliphatic heterocycles. The maximum Gasteiger partial charge on any atom is 0.267 e. The molecule has 11 heteroatoms. The molecule has 0 radical (unpaired) electrons. The number of nitrogens with zero attached hydrogens (tertiary/aromatic N) is 3. The Morgan fingerprint density at radius 3 is 2.64 bits per heavy atom. The molecule has 0 bridgehead atoms. The van der Waals surface area contributed by atoms with Gasteiger partial charge in [-0.3, -0.25) is 4.98 Å². The molecular weight excluding hydrogens is 518 g/mol. The van der Waals surface area contributed by atoms with Gasteiger partial charge in [-0.05, 0) is 65.9 Å². The van der Waals surface area contributed by atoms with Crippen molar-refractivity contribution in [1.29, 1.82) is 0 Å². The van der Waals surface area contributed by atoms with Crippen LogP contribution in [-0.2, 0) is 16.4 Å². The van der Waals surface area contributed by atoms with E-state index < -0.39 is 16.1 Å². The van der Waals surface area contributed by atoms with Crippen LogP contribution in [0.4, 0.5) is 5.95 Å². The summed E-state index contributed by atoms with van der Waals surface area (Å²) in [6.07, 6.45) is 7.23. The molecule has 4 aromatic rings. The topological polar surface area (TPSA) is 136 Å². The second-order valence-electron chi connectivity index (χ2n) is 9.10. The van der Waals surface area contributed by atoms with Crippen molar-refractivity contribution in [3.8, 4) is 22.6 Å². The molecular formula is C28H29N5O5S. The third-order valence-corrected chi connectivity index (χ3v) is 7.80. The minimum Gasteiger partial charge on any atom is -0.495 e. The molecule has 0 unspecified atom stereocenters. The quantitative estimate of drug-likeness (QED) is 0.273. The molecule has 3 N–H and O–H groups in total. The average Bonchev–Trinajstić information content (AvgIpc) is 2.97. The fourth-order valence-electron chi connectivity index (χ4n) is 4.43. The highest BCUT2D eigenvalue weighted by Gasteiger charge is 2.23. The number of ether oxygens (including phenoxy) is 2. The van der Waals surface area contributed by atoms with Crippen molar-refractivity contribution in [3.63, 3.8) is 0 Å². The van der Waals surface area contributed by atoms with Crippen LogP contribution < -0.4 is 19.5 Å². The highest BCUT2D eigenvalue weighted by atomic mass is 32.2. The van der Waals surface area contributed by atoms with Crippen molar-refractivity contribution in [2.45, 2.75) is 29.9 Å². The highest BCUT2D eigenvalue weighted by Crippen LogP contribution is 2.35. The number of pyridine rings is 1. The minimum absolute atomic E-state index is 0.0106. The second-order valence-corrected chi connectivity index (χ2v) is 10.8. The fraction of sp³-hybridized carbons (Fsp3) is 0.250. The van der Waals surface area contributed by atoms with E-state index in [9.17, 15) is 13.5 Å². The summed E-state index contributed by atoms with van der Waals surface area (Å²) < 4.78 is 40.2. The van der Waals surface area contributed by atoms with Gasteiger partial charge in [0, 0.05) is 43.4 Å². The van der Waals surface area contributed by atoms with Crippen LogP contribution in [-0.4, -0.2) is 54.8 Å². The number of nitrogens with one attached hydrogen (secondary N) is 2. The van der Waals surface area contributed by atoms with Gasteiger partial charge in [-0.1, -0.05) is 18.2 Å². The molecule has 10 nitrogen and oxygen atoms in total. The first-order valence-electron chi connectivity index (χ1n) is 12.5. The summed E-state index contributed by atoms with van der Waals surface area (Å²) in [5, 5.41) is 13.6. The summed E-state index contributed by atoms with van der Waals surface area (Å²) in [6, 6.07) is 16.1. The maximum absolute atomic E-state index is 13.1. The van der Waals surface area contributed by atoms with E-state index in [2.05, 4.69) is 25.0 Å². The van der Waals surface area contributed by atoms with E-state index in [-0.39, 0.29) is 22.7 Å². The van der Waals surface area contributed by atoms with E-state index in [1.54, 1.807) is 36.7 Å². The number of aromatic nitrogens is 3. The monoisotopic (exact) mass is 547 g/mol. The summed E-state index contributed by atoms with van der Waals surface area (Å²) in [4.78, 5) is 11.9. The molecule has 2 aromatic heterocycles. The van der Waals surface area contributed by atoms with Crippen LogP contribution in [0.3, 0.4) is 0 Å². The van der Waals surface area contributed by atoms with Crippen molar-refractivity contribution < 1.29 is 23.0 Å². The Morgan fingerprint density at radius 1 is 1.08 bits per heavy atom. The molecule has 0 saturated heterocycles. The van der Waals surface area contributed by atoms with Gasteiger partial charge in [0.2, 0.25) is 5.95 Å². The lowest BCUT2D eigenvalue weighted by atomic mass is 9.97. The SMILES string of the molecule is COc1ccc(-c2ccc3c(c2)CC[C@H](CNC[C@H](O)c2cccnc2)O3)cc1S(=O)(=O)Nc1ncccn1. The summed E-state index contributed by atoms with van der Waals surface area (Å²) in [7, 11) is -2.57. The number of aliphatic hydroxyl groups excluding tert-OH is 1. The molecule has 2 atom stereocenters. The first-order chi connectivity index (χ1) is 18.9. The standard InChI is InChI=1S/C28H29N5O5S/c1-37-26-10-7-20(15-27(26)39(35,36)33-28-31-12-3-13-32-28)19-6-9-25-21(14-19)5-8-23(38-25)17-30-18-24(34)22-4-2-11-29-16-22/h2-4,6-7,9-16,23-24,30,34H,5,8,17-18H2,1H3,(H,31,32,33)/t23-,24+/m1/s1. The molecule has 0 fully saturated rings. The third kappa shape index (κ3) is 6.33. The Balaban J connectivity index is 1.27. The lowest BCUT2D eigenvalue weighted by Gasteiger charge is -2.27. The number of benzene rings is 2. The number of aliphatic hydroxyl groups is 1. The second kappa shape index (κ2) is 11.8. The molecule has 0 spiro atoms. The molecule has 202 valence electrons. The van der Waals surface area contributed by atoms with E-state index in [1.807, 2.05) is 30.3 Å². The summed E-state index contributed by atoms with van der Waals surface area (Å²) in [6.45, 7) is 1.02. The molecule has 0 amide bonds. The minimum atomic E-state index is -4.00. The van der Waals surface area contributed by atoms with Gasteiger partial charge in [0.05, 0.1) is 13.2 Å². The number of methoxy groups -OCH3 is 1. The van der Waals surface area contributed by atoms with Crippen LogP contribution in [0.15, 0.2) is 84.3 Å². The van der Waals surface area contributed by atoms with E-state index in [0.717, 1.165) is 40.8 Å². The van der Waals surface area contributed by atoms with Crippen molar-refractivity contribution >= 4 is 16.0 Å². The van der Waals surface area contributed by atoms with Crippen LogP contribution in [0, 0.1) is 0 Å². The summed E-state index contributed by atoms with van der Waals surface area (Å²) >= 11 is 0. The Bertz CT molecular complexity index is 1520. The van der Waals surface area contributed by atoms with Crippen LogP contribution >= 0.6 is 0 Å². The molecule has 1 aliphatic rings. The number of aryl methyl sites for hydroxylation is 1. The molecule has 0 saturated carbocycles. The lowest BCUT2D eigenvalue weighted by molar-refractivity contribution is 0.146. The molecule has 5 rings (SSSR count). The van der Waals surface area contributed by atoms with Crippen molar-refractivity contribution in [1.82, 2.24) is 20.3 Å². The molecule has 2 aromatic carbocycles. The smallest absolute Gasteiger partial charge is 0.267 e. The Kier molecular flexibility index (Phi) is 8.01. The zero-order valence-electron chi connectivity index (χ0n) is 21.3. The van der Waals surface area contributed by atoms with Crippen LogP contribution in [0.2, 0.25) is 0 Å². The molecule has 3 heterocycles. The lowest BCUT2D eigenvalue weighted by Crippen LogP contribution is -2.36. The number of hydrogen-bond acceptors (Lipinski definition) is 9. The number of fused-ring (bicyclic) bond motifs is 1. The van der Waals surface area contributed by atoms with E-state index in [1.165, 1.54) is 19.5 Å². The first kappa shape index (κ1) is 26.5. The number of rotatable bonds is 10. The van der Waals surface area contributed by atoms with E-state index >= 15 is 0 Å². The van der Waals surface area contributed by atoms with Gasteiger partial charge in [-0.2, -0.15) is 0 Å². The van der Waals surface area contributed by atoms with Crippen molar-refractivity contribution in [3.05, 3.63) is 90.5 Å². The number of sulfonamides is 1. The van der Waals surface area contributed by atoms with Gasteiger partial charge in [0.25, 0.3) is 10.0 Å². The van der Waals surface area contributed by atoms with Gasteiger partial charge in [-0.15, -0.1) is 0 Å². The average molecular weight is 548 g/mol. The van der Waals surface area contributed by atoms with E-state index in [0.29, 0.717) is 13.1 Å². The zero-order chi connectivity index (χ0) is 27.2. The van der Waals surface area contributed by atoms with Gasteiger partial charge in [-0.25, -0.2) is 23.1 Å². The Morgan fingerprint density at radius 2 is 1.87 bits per heavy atom. The fourth-order valence-corrected chi connectivity index (χ4v) is 5.59. The van der Waals surface area contributed by atoms with E-state index in [4.69, 9.17) is 9.47 Å². The predicted octanol–water partition coefficient (Wildman–Crippen LogP) is 3.36. The van der Waals surface area contributed by atoms with Gasteiger partial charge < -0.3 is 19.9 Å². The number of hydrogen-bond donors (Lipinski definition) is 3. The largest absolute Gasteiger partial charge is 0.495 e. The van der Waals surface area contributed by atoms with Crippen molar-refractivity contribution in [2.75, 3.05) is 24.9 Å². The van der Waals surface area contributed by atoms with Gasteiger partial charge in [0.15, 0.2) is 0 Å². The predicted molar refractivity (Wildman–Crippen MR) is 146 cm³/mol.